The molecule has 3 aliphatic rings. The molecule has 0 spiro atoms. The van der Waals surface area contributed by atoms with Crippen LogP contribution in [0.3, 0.4) is 0 Å². The standard InChI is InChI=1S/C8H10N4O2/c9-6(13)7-11-8(14-12-7)5-3-1-4(5)10-2-3/h3-5,10H,1-2H2,(H2,9,13). The fourth-order valence-corrected chi connectivity index (χ4v) is 2.32. The van der Waals surface area contributed by atoms with E-state index in [9.17, 15) is 4.79 Å². The second-order valence-corrected chi connectivity index (χ2v) is 3.86. The number of primary amides is 1. The largest absolute Gasteiger partial charge is 0.363 e. The summed E-state index contributed by atoms with van der Waals surface area (Å²) in [5.74, 6) is 0.757. The van der Waals surface area contributed by atoms with Crippen LogP contribution < -0.4 is 11.1 Å². The summed E-state index contributed by atoms with van der Waals surface area (Å²) in [7, 11) is 0. The van der Waals surface area contributed by atoms with Gasteiger partial charge in [-0.1, -0.05) is 5.16 Å². The first-order valence-electron chi connectivity index (χ1n) is 4.62. The van der Waals surface area contributed by atoms with E-state index >= 15 is 0 Å². The van der Waals surface area contributed by atoms with Gasteiger partial charge in [-0.15, -0.1) is 0 Å². The molecule has 2 bridgehead atoms. The van der Waals surface area contributed by atoms with Crippen LogP contribution in [0.4, 0.5) is 0 Å². The highest BCUT2D eigenvalue weighted by atomic mass is 16.5. The number of nitrogens with two attached hydrogens (primary N) is 1. The third-order valence-corrected chi connectivity index (χ3v) is 3.09. The number of amides is 1. The summed E-state index contributed by atoms with van der Waals surface area (Å²) in [6.07, 6.45) is 1.17. The van der Waals surface area contributed by atoms with E-state index < -0.39 is 5.91 Å². The van der Waals surface area contributed by atoms with Crippen molar-refractivity contribution in [1.82, 2.24) is 15.5 Å². The van der Waals surface area contributed by atoms with Crippen LogP contribution in [0.15, 0.2) is 4.52 Å². The predicted octanol–water partition coefficient (Wildman–Crippen LogP) is -0.756. The summed E-state index contributed by atoms with van der Waals surface area (Å²) >= 11 is 0. The van der Waals surface area contributed by atoms with Crippen molar-refractivity contribution in [2.75, 3.05) is 6.54 Å². The molecule has 3 N–H and O–H groups in total. The van der Waals surface area contributed by atoms with Gasteiger partial charge in [-0.05, 0) is 18.9 Å². The second-order valence-electron chi connectivity index (χ2n) is 3.86. The van der Waals surface area contributed by atoms with E-state index in [1.165, 1.54) is 6.42 Å². The highest BCUT2D eigenvalue weighted by Gasteiger charge is 2.50. The number of aromatic nitrogens is 2. The second kappa shape index (κ2) is 2.54. The zero-order valence-electron chi connectivity index (χ0n) is 7.43. The fraction of sp³-hybridized carbons (Fsp3) is 0.625. The lowest BCUT2D eigenvalue weighted by Crippen LogP contribution is -2.34. The van der Waals surface area contributed by atoms with Crippen LogP contribution in [-0.2, 0) is 0 Å². The van der Waals surface area contributed by atoms with Crippen molar-refractivity contribution in [3.63, 3.8) is 0 Å². The van der Waals surface area contributed by atoms with Gasteiger partial charge in [0, 0.05) is 6.04 Å². The molecule has 3 unspecified atom stereocenters. The Kier molecular flexibility index (Phi) is 1.44. The van der Waals surface area contributed by atoms with Crippen molar-refractivity contribution in [3.05, 3.63) is 11.7 Å². The third kappa shape index (κ3) is 0.913. The molecule has 6 heteroatoms. The quantitative estimate of drug-likeness (QED) is 0.645. The maximum atomic E-state index is 10.7. The Balaban J connectivity index is 1.87. The predicted molar refractivity (Wildman–Crippen MR) is 45.5 cm³/mol. The Morgan fingerprint density at radius 1 is 1.64 bits per heavy atom. The van der Waals surface area contributed by atoms with Crippen LogP contribution >= 0.6 is 0 Å². The normalized spacial score (nSPS) is 34.1. The Bertz CT molecular complexity index is 374. The number of hydrogen-bond donors (Lipinski definition) is 2. The zero-order chi connectivity index (χ0) is 9.71. The van der Waals surface area contributed by atoms with E-state index in [2.05, 4.69) is 15.5 Å². The summed E-state index contributed by atoms with van der Waals surface area (Å²) in [5, 5.41) is 6.86. The Morgan fingerprint density at radius 2 is 2.50 bits per heavy atom. The van der Waals surface area contributed by atoms with Crippen molar-refractivity contribution in [2.45, 2.75) is 18.4 Å². The van der Waals surface area contributed by atoms with Gasteiger partial charge < -0.3 is 15.6 Å². The Labute approximate surface area is 79.8 Å². The Hall–Kier alpha value is -1.43. The molecule has 3 heterocycles. The lowest BCUT2D eigenvalue weighted by Gasteiger charge is -2.30. The van der Waals surface area contributed by atoms with E-state index in [4.69, 9.17) is 10.3 Å². The van der Waals surface area contributed by atoms with Gasteiger partial charge >= 0.3 is 0 Å². The van der Waals surface area contributed by atoms with Crippen LogP contribution in [0.2, 0.25) is 0 Å². The molecule has 1 aliphatic carbocycles. The summed E-state index contributed by atoms with van der Waals surface area (Å²) in [6, 6.07) is 0.446. The Morgan fingerprint density at radius 3 is 3.00 bits per heavy atom. The molecule has 4 rings (SSSR count). The molecular formula is C8H10N4O2. The monoisotopic (exact) mass is 194 g/mol. The first-order valence-corrected chi connectivity index (χ1v) is 4.62. The molecule has 1 saturated carbocycles. The van der Waals surface area contributed by atoms with Gasteiger partial charge in [0.15, 0.2) is 0 Å². The number of carbonyl (C=O) groups excluding carboxylic acids is 1. The molecule has 6 nitrogen and oxygen atoms in total. The first kappa shape index (κ1) is 7.93. The highest BCUT2D eigenvalue weighted by Crippen LogP contribution is 2.46. The number of fused-ring (bicyclic) bond motifs is 1. The van der Waals surface area contributed by atoms with Crippen molar-refractivity contribution in [2.24, 2.45) is 11.7 Å². The third-order valence-electron chi connectivity index (χ3n) is 3.09. The van der Waals surface area contributed by atoms with Crippen LogP contribution in [0, 0.1) is 5.92 Å². The maximum absolute atomic E-state index is 10.7. The average Bonchev–Trinajstić information content (AvgIpc) is 2.76. The van der Waals surface area contributed by atoms with Gasteiger partial charge in [-0.2, -0.15) is 4.98 Å². The summed E-state index contributed by atoms with van der Waals surface area (Å²) in [5.41, 5.74) is 5.03. The van der Waals surface area contributed by atoms with Gasteiger partial charge in [-0.3, -0.25) is 4.79 Å². The van der Waals surface area contributed by atoms with Crippen molar-refractivity contribution in [1.29, 1.82) is 0 Å². The van der Waals surface area contributed by atoms with Gasteiger partial charge in [0.25, 0.3) is 11.7 Å². The fourth-order valence-electron chi connectivity index (χ4n) is 2.32. The number of rotatable bonds is 2. The summed E-state index contributed by atoms with van der Waals surface area (Å²) in [6.45, 7) is 1.00. The number of nitrogens with zero attached hydrogens (tertiary/aromatic N) is 2. The van der Waals surface area contributed by atoms with E-state index in [1.807, 2.05) is 0 Å². The molecular weight excluding hydrogens is 184 g/mol. The minimum absolute atomic E-state index is 0.0219. The van der Waals surface area contributed by atoms with E-state index in [0.717, 1.165) is 6.54 Å². The minimum atomic E-state index is -0.639. The topological polar surface area (TPSA) is 94.0 Å². The molecule has 14 heavy (non-hydrogen) atoms. The average molecular weight is 194 g/mol. The highest BCUT2D eigenvalue weighted by molar-refractivity contribution is 5.88. The van der Waals surface area contributed by atoms with Gasteiger partial charge in [0.2, 0.25) is 5.89 Å². The SMILES string of the molecule is NC(=O)c1noc(C2C3CNC2C3)n1. The molecule has 2 saturated heterocycles. The van der Waals surface area contributed by atoms with Crippen LogP contribution in [-0.4, -0.2) is 28.6 Å². The van der Waals surface area contributed by atoms with Gasteiger partial charge in [0.05, 0.1) is 5.92 Å². The zero-order valence-corrected chi connectivity index (χ0v) is 7.43. The number of nitrogens with one attached hydrogen (secondary N) is 1. The molecule has 1 amide bonds. The summed E-state index contributed by atoms with van der Waals surface area (Å²) < 4.78 is 5.01. The molecule has 3 fully saturated rings. The molecule has 1 aromatic rings. The van der Waals surface area contributed by atoms with E-state index in [0.29, 0.717) is 17.9 Å². The number of carbonyl (C=O) groups is 1. The first-order chi connectivity index (χ1) is 6.75. The van der Waals surface area contributed by atoms with Gasteiger partial charge in [0.1, 0.15) is 0 Å². The maximum Gasteiger partial charge on any atom is 0.290 e. The van der Waals surface area contributed by atoms with Crippen molar-refractivity contribution < 1.29 is 9.32 Å². The van der Waals surface area contributed by atoms with Crippen LogP contribution in [0.5, 0.6) is 0 Å². The molecule has 3 atom stereocenters. The summed E-state index contributed by atoms with van der Waals surface area (Å²) in [4.78, 5) is 14.7. The van der Waals surface area contributed by atoms with E-state index in [-0.39, 0.29) is 11.7 Å². The van der Waals surface area contributed by atoms with Crippen LogP contribution in [0.25, 0.3) is 0 Å². The van der Waals surface area contributed by atoms with Crippen molar-refractivity contribution in [3.8, 4) is 0 Å². The lowest BCUT2D eigenvalue weighted by atomic mass is 9.74. The smallest absolute Gasteiger partial charge is 0.290 e. The molecule has 2 aliphatic heterocycles. The molecule has 0 aromatic carbocycles. The number of hydrogen-bond acceptors (Lipinski definition) is 5. The molecule has 1 aromatic heterocycles. The minimum Gasteiger partial charge on any atom is -0.363 e. The van der Waals surface area contributed by atoms with Crippen LogP contribution in [0.1, 0.15) is 28.8 Å². The van der Waals surface area contributed by atoms with E-state index in [1.54, 1.807) is 0 Å². The van der Waals surface area contributed by atoms with Crippen molar-refractivity contribution >= 4 is 5.91 Å². The molecule has 74 valence electrons. The molecule has 0 radical (unpaired) electrons. The lowest BCUT2D eigenvalue weighted by molar-refractivity contribution is 0.0987. The van der Waals surface area contributed by atoms with Gasteiger partial charge in [-0.25, -0.2) is 0 Å².